The third kappa shape index (κ3) is 4.02. The molecule has 0 spiro atoms. The van der Waals surface area contributed by atoms with Crippen LogP contribution in [0.4, 0.5) is 18.9 Å². The van der Waals surface area contributed by atoms with Crippen LogP contribution in [0.1, 0.15) is 32.3 Å². The van der Waals surface area contributed by atoms with E-state index in [2.05, 4.69) is 9.95 Å². The van der Waals surface area contributed by atoms with Crippen LogP contribution in [0.25, 0.3) is 16.1 Å². The molecule has 0 atom stereocenters. The second kappa shape index (κ2) is 8.00. The molecule has 0 amide bonds. The molecule has 0 aliphatic rings. The predicted octanol–water partition coefficient (Wildman–Crippen LogP) is 5.35. The molecule has 2 rings (SSSR count). The Labute approximate surface area is 149 Å². The highest BCUT2D eigenvalue weighted by molar-refractivity contribution is 5.67. The molecule has 0 fully saturated rings. The summed E-state index contributed by atoms with van der Waals surface area (Å²) >= 11 is 0. The van der Waals surface area contributed by atoms with E-state index in [-0.39, 0.29) is 11.6 Å². The first-order chi connectivity index (χ1) is 12.3. The van der Waals surface area contributed by atoms with Crippen molar-refractivity contribution in [1.29, 1.82) is 0 Å². The lowest BCUT2D eigenvalue weighted by Gasteiger charge is -2.15. The third-order valence-electron chi connectivity index (χ3n) is 4.09. The minimum atomic E-state index is -4.80. The molecule has 0 unspecified atom stereocenters. The van der Waals surface area contributed by atoms with E-state index < -0.39 is 23.0 Å². The summed E-state index contributed by atoms with van der Waals surface area (Å²) in [6.07, 6.45) is -1.69. The zero-order chi connectivity index (χ0) is 19.3. The average molecular weight is 361 g/mol. The summed E-state index contributed by atoms with van der Waals surface area (Å²) in [5, 5.41) is 4.12. The molecular formula is C19H18F3N3O. The van der Waals surface area contributed by atoms with Gasteiger partial charge in [0.1, 0.15) is 0 Å². The van der Waals surface area contributed by atoms with E-state index in [1.807, 2.05) is 13.8 Å². The van der Waals surface area contributed by atoms with E-state index >= 15 is 0 Å². The summed E-state index contributed by atoms with van der Waals surface area (Å²) in [7, 11) is 0. The van der Waals surface area contributed by atoms with Crippen molar-refractivity contribution >= 4 is 11.9 Å². The number of benzene rings is 1. The van der Waals surface area contributed by atoms with Gasteiger partial charge in [-0.1, -0.05) is 44.2 Å². The molecule has 1 heterocycles. The van der Waals surface area contributed by atoms with Crippen LogP contribution in [0.2, 0.25) is 0 Å². The molecule has 1 aromatic heterocycles. The largest absolute Gasteiger partial charge is 0.407 e. The van der Waals surface area contributed by atoms with E-state index in [1.54, 1.807) is 36.5 Å². The number of hydrogen-bond acceptors (Lipinski definition) is 2. The molecule has 0 N–H and O–H groups in total. The summed E-state index contributed by atoms with van der Waals surface area (Å²) in [4.78, 5) is 15.4. The average Bonchev–Trinajstić information content (AvgIpc) is 2.62. The first-order valence-electron chi connectivity index (χ1n) is 8.18. The zero-order valence-corrected chi connectivity index (χ0v) is 14.4. The Bertz CT molecular complexity index is 889. The summed E-state index contributed by atoms with van der Waals surface area (Å²) < 4.78 is 40.9. The molecule has 7 heteroatoms. The molecule has 0 aliphatic heterocycles. The number of alkyl halides is 3. The van der Waals surface area contributed by atoms with Gasteiger partial charge in [-0.05, 0) is 24.8 Å². The van der Waals surface area contributed by atoms with Gasteiger partial charge < -0.3 is 0 Å². The Kier molecular flexibility index (Phi) is 5.98. The first-order valence-corrected chi connectivity index (χ1v) is 8.18. The Hall–Kier alpha value is -2.88. The molecule has 2 aromatic rings. The van der Waals surface area contributed by atoms with Crippen LogP contribution in [0.15, 0.2) is 46.3 Å². The maximum Gasteiger partial charge on any atom is 0.407 e. The lowest BCUT2D eigenvalue weighted by Crippen LogP contribution is -2.22. The number of nitrogens with zero attached hydrogens (tertiary/aromatic N) is 3. The maximum absolute atomic E-state index is 13.3. The van der Waals surface area contributed by atoms with Crippen molar-refractivity contribution in [2.45, 2.75) is 32.9 Å². The lowest BCUT2D eigenvalue weighted by molar-refractivity contribution is -0.136. The van der Waals surface area contributed by atoms with Crippen LogP contribution in [-0.4, -0.2) is 10.9 Å². The summed E-state index contributed by atoms with van der Waals surface area (Å²) in [6, 6.07) is 9.03. The van der Waals surface area contributed by atoms with E-state index in [0.717, 1.165) is 23.6 Å². The lowest BCUT2D eigenvalue weighted by atomic mass is 10.1. The SMILES string of the molecule is [C-]#[N+]c1c(C(F)(F)F)cc(-c2ccccc2)n(N=CC(CC)CC)c1=O. The normalized spacial score (nSPS) is 11.9. The molecule has 136 valence electrons. The van der Waals surface area contributed by atoms with Crippen LogP contribution in [0.5, 0.6) is 0 Å². The van der Waals surface area contributed by atoms with Gasteiger partial charge >= 0.3 is 6.18 Å². The van der Waals surface area contributed by atoms with Gasteiger partial charge in [-0.2, -0.15) is 18.3 Å². The Morgan fingerprint density at radius 2 is 1.85 bits per heavy atom. The molecule has 26 heavy (non-hydrogen) atoms. The fourth-order valence-corrected chi connectivity index (χ4v) is 2.50. The Morgan fingerprint density at radius 3 is 2.35 bits per heavy atom. The minimum Gasteiger partial charge on any atom is -0.281 e. The van der Waals surface area contributed by atoms with Gasteiger partial charge in [0, 0.05) is 11.8 Å². The van der Waals surface area contributed by atoms with E-state index in [9.17, 15) is 18.0 Å². The third-order valence-corrected chi connectivity index (χ3v) is 4.09. The second-order valence-electron chi connectivity index (χ2n) is 5.73. The number of rotatable bonds is 5. The monoisotopic (exact) mass is 361 g/mol. The van der Waals surface area contributed by atoms with Crippen molar-refractivity contribution in [3.63, 3.8) is 0 Å². The second-order valence-corrected chi connectivity index (χ2v) is 5.73. The van der Waals surface area contributed by atoms with Crippen molar-refractivity contribution < 1.29 is 13.2 Å². The highest BCUT2D eigenvalue weighted by atomic mass is 19.4. The summed E-state index contributed by atoms with van der Waals surface area (Å²) in [5.41, 5.74) is -2.88. The molecule has 0 radical (unpaired) electrons. The molecule has 0 aliphatic carbocycles. The van der Waals surface area contributed by atoms with Crippen molar-refractivity contribution in [2.24, 2.45) is 11.0 Å². The van der Waals surface area contributed by atoms with Gasteiger partial charge in [-0.3, -0.25) is 4.79 Å². The van der Waals surface area contributed by atoms with Gasteiger partial charge in [0.2, 0.25) is 0 Å². The number of aromatic nitrogens is 1. The minimum absolute atomic E-state index is 0.00229. The van der Waals surface area contributed by atoms with Gasteiger partial charge in [-0.25, -0.2) is 9.52 Å². The van der Waals surface area contributed by atoms with Gasteiger partial charge in [-0.15, -0.1) is 0 Å². The zero-order valence-electron chi connectivity index (χ0n) is 14.4. The standard InChI is InChI=1S/C19H18F3N3O/c1-4-13(5-2)12-24-25-16(14-9-7-6-8-10-14)11-15(19(20,21)22)17(23-3)18(25)26/h6-13H,4-5H2,1-2H3. The van der Waals surface area contributed by atoms with E-state index in [0.29, 0.717) is 5.56 Å². The molecule has 0 saturated heterocycles. The molecule has 0 bridgehead atoms. The maximum atomic E-state index is 13.3. The molecule has 1 aromatic carbocycles. The molecule has 0 saturated carbocycles. The number of halogens is 3. The van der Waals surface area contributed by atoms with Crippen molar-refractivity contribution in [3.05, 3.63) is 63.7 Å². The summed E-state index contributed by atoms with van der Waals surface area (Å²) in [5.74, 6) is 0.0872. The Morgan fingerprint density at radius 1 is 1.23 bits per heavy atom. The highest BCUT2D eigenvalue weighted by Crippen LogP contribution is 2.37. The van der Waals surface area contributed by atoms with Gasteiger partial charge in [0.15, 0.2) is 0 Å². The van der Waals surface area contributed by atoms with Crippen LogP contribution in [-0.2, 0) is 6.18 Å². The van der Waals surface area contributed by atoms with E-state index in [4.69, 9.17) is 6.57 Å². The van der Waals surface area contributed by atoms with Crippen LogP contribution < -0.4 is 5.56 Å². The smallest absolute Gasteiger partial charge is 0.281 e. The highest BCUT2D eigenvalue weighted by Gasteiger charge is 2.36. The van der Waals surface area contributed by atoms with Gasteiger partial charge in [0.25, 0.3) is 11.2 Å². The quantitative estimate of drug-likeness (QED) is 0.522. The Balaban J connectivity index is 2.80. The number of hydrogen-bond donors (Lipinski definition) is 0. The van der Waals surface area contributed by atoms with Crippen LogP contribution in [0, 0.1) is 12.5 Å². The van der Waals surface area contributed by atoms with Crippen molar-refractivity contribution in [1.82, 2.24) is 4.68 Å². The molecule has 4 nitrogen and oxygen atoms in total. The molecular weight excluding hydrogens is 343 g/mol. The van der Waals surface area contributed by atoms with Gasteiger partial charge in [0.05, 0.1) is 17.8 Å². The first kappa shape index (κ1) is 19.4. The predicted molar refractivity (Wildman–Crippen MR) is 95.4 cm³/mol. The fraction of sp³-hybridized carbons (Fsp3) is 0.316. The topological polar surface area (TPSA) is 38.7 Å². The van der Waals surface area contributed by atoms with Crippen molar-refractivity contribution in [2.75, 3.05) is 0 Å². The summed E-state index contributed by atoms with van der Waals surface area (Å²) in [6.45, 7) is 10.9. The number of pyridine rings is 1. The van der Waals surface area contributed by atoms with Crippen LogP contribution in [0.3, 0.4) is 0 Å². The van der Waals surface area contributed by atoms with Crippen molar-refractivity contribution in [3.8, 4) is 11.3 Å². The van der Waals surface area contributed by atoms with Crippen LogP contribution >= 0.6 is 0 Å². The fourth-order valence-electron chi connectivity index (χ4n) is 2.50. The van der Waals surface area contributed by atoms with E-state index in [1.165, 1.54) is 0 Å².